The number of rotatable bonds is 1. The highest BCUT2D eigenvalue weighted by Crippen LogP contribution is 2.65. The molecular weight excluding hydrogens is 384 g/mol. The maximum Gasteiger partial charge on any atom is 0.243 e. The molecule has 31 heavy (non-hydrogen) atoms. The van der Waals surface area contributed by atoms with Crippen LogP contribution in [0, 0.1) is 34.5 Å². The van der Waals surface area contributed by atoms with Crippen molar-refractivity contribution >= 4 is 22.7 Å². The van der Waals surface area contributed by atoms with Crippen LogP contribution in [0.5, 0.6) is 0 Å². The van der Waals surface area contributed by atoms with E-state index in [-0.39, 0.29) is 34.6 Å². The minimum atomic E-state index is 0.0525. The van der Waals surface area contributed by atoms with E-state index in [1.165, 1.54) is 6.42 Å². The summed E-state index contributed by atoms with van der Waals surface area (Å²) in [6.45, 7) is 4.76. The van der Waals surface area contributed by atoms with E-state index in [2.05, 4.69) is 43.4 Å². The summed E-state index contributed by atoms with van der Waals surface area (Å²) in [4.78, 5) is 25.7. The number of benzene rings is 1. The molecule has 4 nitrogen and oxygen atoms in total. The summed E-state index contributed by atoms with van der Waals surface area (Å²) in [5.74, 6) is 2.30. The Hall–Kier alpha value is -2.36. The SMILES string of the molecule is C[C@]12C=CC(=O)NC1CCC1C2CC[C@@]2(C)C1CC[C@@H]2C(=O)n1ccc2ccccc21. The quantitative estimate of drug-likeness (QED) is 0.695. The first-order chi connectivity index (χ1) is 14.9. The molecule has 4 unspecified atom stereocenters. The van der Waals surface area contributed by atoms with E-state index in [1.807, 2.05) is 22.9 Å². The second-order valence-electron chi connectivity index (χ2n) is 11.0. The van der Waals surface area contributed by atoms with E-state index in [0.717, 1.165) is 43.0 Å². The van der Waals surface area contributed by atoms with Crippen LogP contribution < -0.4 is 5.32 Å². The Labute approximate surface area is 184 Å². The molecule has 4 heteroatoms. The lowest BCUT2D eigenvalue weighted by atomic mass is 9.48. The van der Waals surface area contributed by atoms with Gasteiger partial charge in [0.2, 0.25) is 11.8 Å². The van der Waals surface area contributed by atoms with Crippen molar-refractivity contribution in [1.82, 2.24) is 9.88 Å². The summed E-state index contributed by atoms with van der Waals surface area (Å²) >= 11 is 0. The molecule has 0 bridgehead atoms. The molecule has 162 valence electrons. The Balaban J connectivity index is 1.31. The average Bonchev–Trinajstić information content (AvgIpc) is 3.35. The van der Waals surface area contributed by atoms with Crippen LogP contribution in [0.3, 0.4) is 0 Å². The van der Waals surface area contributed by atoms with Gasteiger partial charge >= 0.3 is 0 Å². The van der Waals surface area contributed by atoms with E-state index < -0.39 is 0 Å². The van der Waals surface area contributed by atoms with Crippen LogP contribution >= 0.6 is 0 Å². The molecule has 2 aromatic rings. The van der Waals surface area contributed by atoms with Gasteiger partial charge in [-0.2, -0.15) is 0 Å². The number of fused-ring (bicyclic) bond motifs is 6. The van der Waals surface area contributed by atoms with Crippen molar-refractivity contribution in [1.29, 1.82) is 0 Å². The predicted octanol–water partition coefficient (Wildman–Crippen LogP) is 5.19. The normalized spacial score (nSPS) is 41.4. The molecule has 3 fully saturated rings. The van der Waals surface area contributed by atoms with Gasteiger partial charge < -0.3 is 5.32 Å². The van der Waals surface area contributed by atoms with Crippen LogP contribution in [0.2, 0.25) is 0 Å². The fourth-order valence-corrected chi connectivity index (χ4v) is 8.18. The van der Waals surface area contributed by atoms with Crippen molar-refractivity contribution in [3.05, 3.63) is 48.7 Å². The molecule has 6 rings (SSSR count). The molecule has 1 aromatic heterocycles. The van der Waals surface area contributed by atoms with Gasteiger partial charge in [-0.15, -0.1) is 0 Å². The standard InChI is InChI=1S/C27H32N2O2/c1-26-14-11-20-18(7-10-23-27(20,2)15-12-24(30)28-23)19(26)8-9-21(26)25(31)29-16-13-17-5-3-4-6-22(17)29/h3-6,12-13,15-16,18-21,23H,7-11,14H2,1-2H3,(H,28,30)/t18?,19?,20?,21-,23?,26+,27-/m1/s1. The maximum absolute atomic E-state index is 13.8. The number of carbonyl (C=O) groups excluding carboxylic acids is 2. The van der Waals surface area contributed by atoms with Crippen LogP contribution in [0.15, 0.2) is 48.7 Å². The number of amides is 1. The fraction of sp³-hybridized carbons (Fsp3) is 0.556. The first-order valence-corrected chi connectivity index (χ1v) is 12.0. The van der Waals surface area contributed by atoms with Gasteiger partial charge in [0.15, 0.2) is 0 Å². The van der Waals surface area contributed by atoms with Gasteiger partial charge in [-0.25, -0.2) is 0 Å². The lowest BCUT2D eigenvalue weighted by molar-refractivity contribution is -0.122. The number of nitrogens with one attached hydrogen (secondary N) is 1. The Morgan fingerprint density at radius 3 is 2.74 bits per heavy atom. The number of aromatic nitrogens is 1. The van der Waals surface area contributed by atoms with Gasteiger partial charge in [0, 0.05) is 29.0 Å². The topological polar surface area (TPSA) is 51.1 Å². The molecule has 0 spiro atoms. The lowest BCUT2D eigenvalue weighted by Gasteiger charge is -2.58. The Bertz CT molecular complexity index is 1100. The Kier molecular flexibility index (Phi) is 4.10. The summed E-state index contributed by atoms with van der Waals surface area (Å²) in [6, 6.07) is 10.5. The third kappa shape index (κ3) is 2.60. The van der Waals surface area contributed by atoms with Gasteiger partial charge in [0.25, 0.3) is 0 Å². The zero-order valence-corrected chi connectivity index (χ0v) is 18.5. The van der Waals surface area contributed by atoms with E-state index in [9.17, 15) is 9.59 Å². The molecular formula is C27H32N2O2. The summed E-state index contributed by atoms with van der Waals surface area (Å²) in [5, 5.41) is 4.38. The average molecular weight is 417 g/mol. The van der Waals surface area contributed by atoms with Crippen LogP contribution in [-0.4, -0.2) is 22.4 Å². The van der Waals surface area contributed by atoms with E-state index in [0.29, 0.717) is 17.8 Å². The van der Waals surface area contributed by atoms with Crippen LogP contribution in [0.25, 0.3) is 10.9 Å². The van der Waals surface area contributed by atoms with Crippen molar-refractivity contribution < 1.29 is 9.59 Å². The van der Waals surface area contributed by atoms with Gasteiger partial charge in [0.1, 0.15) is 0 Å². The molecule has 3 aliphatic carbocycles. The minimum Gasteiger partial charge on any atom is -0.349 e. The van der Waals surface area contributed by atoms with Crippen LogP contribution in [0.4, 0.5) is 0 Å². The highest BCUT2D eigenvalue weighted by Gasteiger charge is 2.61. The Morgan fingerprint density at radius 1 is 1.03 bits per heavy atom. The van der Waals surface area contributed by atoms with E-state index in [1.54, 1.807) is 6.08 Å². The molecule has 1 aliphatic heterocycles. The van der Waals surface area contributed by atoms with Crippen LogP contribution in [0.1, 0.15) is 57.2 Å². The van der Waals surface area contributed by atoms with Gasteiger partial charge in [-0.1, -0.05) is 38.1 Å². The largest absolute Gasteiger partial charge is 0.349 e. The summed E-state index contributed by atoms with van der Waals surface area (Å²) in [6.07, 6.45) is 12.6. The van der Waals surface area contributed by atoms with Gasteiger partial charge in [0.05, 0.1) is 5.52 Å². The highest BCUT2D eigenvalue weighted by molar-refractivity contribution is 5.94. The van der Waals surface area contributed by atoms with Crippen molar-refractivity contribution in [2.24, 2.45) is 34.5 Å². The minimum absolute atomic E-state index is 0.0525. The van der Waals surface area contributed by atoms with Crippen molar-refractivity contribution in [2.45, 2.75) is 58.4 Å². The molecule has 1 amide bonds. The van der Waals surface area contributed by atoms with Crippen molar-refractivity contribution in [2.75, 3.05) is 0 Å². The molecule has 0 saturated heterocycles. The maximum atomic E-state index is 13.8. The van der Waals surface area contributed by atoms with E-state index in [4.69, 9.17) is 0 Å². The molecule has 1 N–H and O–H groups in total. The molecule has 4 aliphatic rings. The second-order valence-corrected chi connectivity index (χ2v) is 11.0. The molecule has 2 heterocycles. The number of hydrogen-bond donors (Lipinski definition) is 1. The number of para-hydroxylation sites is 1. The first kappa shape index (κ1) is 19.3. The van der Waals surface area contributed by atoms with E-state index >= 15 is 0 Å². The number of nitrogens with zero attached hydrogens (tertiary/aromatic N) is 1. The monoisotopic (exact) mass is 416 g/mol. The third-order valence-corrected chi connectivity index (χ3v) is 9.82. The molecule has 0 radical (unpaired) electrons. The zero-order valence-electron chi connectivity index (χ0n) is 18.5. The predicted molar refractivity (Wildman–Crippen MR) is 122 cm³/mol. The summed E-state index contributed by atoms with van der Waals surface area (Å²) < 4.78 is 1.91. The van der Waals surface area contributed by atoms with Gasteiger partial charge in [-0.3, -0.25) is 14.2 Å². The summed E-state index contributed by atoms with van der Waals surface area (Å²) in [5.41, 5.74) is 1.16. The third-order valence-electron chi connectivity index (χ3n) is 9.82. The first-order valence-electron chi connectivity index (χ1n) is 12.0. The number of carbonyl (C=O) groups is 2. The Morgan fingerprint density at radius 2 is 1.87 bits per heavy atom. The van der Waals surface area contributed by atoms with Crippen LogP contribution in [-0.2, 0) is 4.79 Å². The fourth-order valence-electron chi connectivity index (χ4n) is 8.18. The number of hydrogen-bond acceptors (Lipinski definition) is 2. The zero-order chi connectivity index (χ0) is 21.4. The molecule has 1 aromatic carbocycles. The highest BCUT2D eigenvalue weighted by atomic mass is 16.2. The lowest BCUT2D eigenvalue weighted by Crippen LogP contribution is -2.59. The second kappa shape index (κ2) is 6.57. The molecule has 3 saturated carbocycles. The van der Waals surface area contributed by atoms with Crippen molar-refractivity contribution in [3.8, 4) is 0 Å². The van der Waals surface area contributed by atoms with Crippen molar-refractivity contribution in [3.63, 3.8) is 0 Å². The van der Waals surface area contributed by atoms with Gasteiger partial charge in [-0.05, 0) is 79.9 Å². The molecule has 7 atom stereocenters. The summed E-state index contributed by atoms with van der Waals surface area (Å²) in [7, 11) is 0. The smallest absolute Gasteiger partial charge is 0.243 e.